The monoisotopic (exact) mass is 443 g/mol. The average Bonchev–Trinajstić information content (AvgIpc) is 3.29. The van der Waals surface area contributed by atoms with E-state index < -0.39 is 0 Å². The number of hydrogen-bond acceptors (Lipinski definition) is 7. The van der Waals surface area contributed by atoms with E-state index in [0.29, 0.717) is 23.5 Å². The van der Waals surface area contributed by atoms with Gasteiger partial charge in [-0.2, -0.15) is 5.10 Å². The maximum atomic E-state index is 13.3. The van der Waals surface area contributed by atoms with Crippen LogP contribution in [0, 0.1) is 0 Å². The smallest absolute Gasteiger partial charge is 0.259 e. The van der Waals surface area contributed by atoms with Gasteiger partial charge in [0.2, 0.25) is 0 Å². The van der Waals surface area contributed by atoms with Crippen LogP contribution in [0.5, 0.6) is 0 Å². The molecule has 33 heavy (non-hydrogen) atoms. The van der Waals surface area contributed by atoms with E-state index in [9.17, 15) is 4.79 Å². The van der Waals surface area contributed by atoms with Gasteiger partial charge in [0.15, 0.2) is 5.65 Å². The van der Waals surface area contributed by atoms with E-state index in [1.54, 1.807) is 29.2 Å². The molecule has 1 aliphatic rings. The van der Waals surface area contributed by atoms with Crippen molar-refractivity contribution in [1.82, 2.24) is 19.6 Å². The van der Waals surface area contributed by atoms with Crippen LogP contribution < -0.4 is 15.5 Å². The first kappa shape index (κ1) is 20.9. The minimum Gasteiger partial charge on any atom is -0.388 e. The molecule has 1 aliphatic heterocycles. The Morgan fingerprint density at radius 1 is 1.15 bits per heavy atom. The summed E-state index contributed by atoms with van der Waals surface area (Å²) in [5, 5.41) is 10.5. The molecule has 4 heterocycles. The van der Waals surface area contributed by atoms with E-state index in [1.807, 2.05) is 50.5 Å². The summed E-state index contributed by atoms with van der Waals surface area (Å²) >= 11 is 0. The Hall–Kier alpha value is -3.98. The number of amides is 1. The second-order valence-corrected chi connectivity index (χ2v) is 7.94. The summed E-state index contributed by atoms with van der Waals surface area (Å²) in [6, 6.07) is 11.5. The van der Waals surface area contributed by atoms with E-state index in [-0.39, 0.29) is 12.0 Å². The third-order valence-corrected chi connectivity index (χ3v) is 5.70. The summed E-state index contributed by atoms with van der Waals surface area (Å²) in [4.78, 5) is 24.4. The molecular formula is C24H25N7O2. The van der Waals surface area contributed by atoms with E-state index in [0.717, 1.165) is 35.7 Å². The minimum absolute atomic E-state index is 0.126. The molecule has 3 aromatic heterocycles. The van der Waals surface area contributed by atoms with Gasteiger partial charge in [-0.25, -0.2) is 9.50 Å². The molecule has 2 N–H and O–H groups in total. The Balaban J connectivity index is 1.44. The molecule has 9 nitrogen and oxygen atoms in total. The lowest BCUT2D eigenvalue weighted by molar-refractivity contribution is 0.0533. The van der Waals surface area contributed by atoms with Gasteiger partial charge in [-0.15, -0.1) is 0 Å². The summed E-state index contributed by atoms with van der Waals surface area (Å²) in [5.74, 6) is -0.263. The van der Waals surface area contributed by atoms with E-state index in [1.165, 1.54) is 0 Å². The van der Waals surface area contributed by atoms with Gasteiger partial charge in [0, 0.05) is 43.8 Å². The van der Waals surface area contributed by atoms with Gasteiger partial charge in [0.1, 0.15) is 0 Å². The number of aromatic nitrogens is 4. The van der Waals surface area contributed by atoms with Crippen molar-refractivity contribution in [2.45, 2.75) is 13.0 Å². The SMILES string of the molecule is CNc1ccc(-c2cn3nccc(C(=O)Nc4cnccc4N4CCOC(C)C4)c3n2)cc1. The Morgan fingerprint density at radius 2 is 2.00 bits per heavy atom. The summed E-state index contributed by atoms with van der Waals surface area (Å²) in [6.45, 7) is 4.20. The molecule has 0 saturated carbocycles. The minimum atomic E-state index is -0.263. The van der Waals surface area contributed by atoms with Crippen molar-refractivity contribution in [3.05, 3.63) is 66.7 Å². The second kappa shape index (κ2) is 8.87. The fraction of sp³-hybridized carbons (Fsp3) is 0.250. The van der Waals surface area contributed by atoms with Crippen LogP contribution in [0.3, 0.4) is 0 Å². The van der Waals surface area contributed by atoms with Crippen LogP contribution >= 0.6 is 0 Å². The van der Waals surface area contributed by atoms with Crippen LogP contribution in [0.4, 0.5) is 17.1 Å². The first-order chi connectivity index (χ1) is 16.1. The molecule has 1 atom stereocenters. The molecule has 0 spiro atoms. The molecule has 9 heteroatoms. The first-order valence-corrected chi connectivity index (χ1v) is 10.9. The molecule has 0 aliphatic carbocycles. The molecule has 0 bridgehead atoms. The molecular weight excluding hydrogens is 418 g/mol. The van der Waals surface area contributed by atoms with Crippen molar-refractivity contribution >= 4 is 28.6 Å². The van der Waals surface area contributed by atoms with Gasteiger partial charge in [0.05, 0.1) is 47.7 Å². The highest BCUT2D eigenvalue weighted by Gasteiger charge is 2.21. The molecule has 1 unspecified atom stereocenters. The van der Waals surface area contributed by atoms with Crippen LogP contribution in [-0.2, 0) is 4.74 Å². The number of anilines is 3. The quantitative estimate of drug-likeness (QED) is 0.488. The maximum absolute atomic E-state index is 13.3. The normalized spacial score (nSPS) is 16.1. The third-order valence-electron chi connectivity index (χ3n) is 5.70. The molecule has 5 rings (SSSR count). The highest BCUT2D eigenvalue weighted by atomic mass is 16.5. The predicted octanol–water partition coefficient (Wildman–Crippen LogP) is 3.31. The van der Waals surface area contributed by atoms with Crippen molar-refractivity contribution in [3.8, 4) is 11.3 Å². The second-order valence-electron chi connectivity index (χ2n) is 7.94. The zero-order valence-electron chi connectivity index (χ0n) is 18.5. The van der Waals surface area contributed by atoms with E-state index in [2.05, 4.69) is 25.6 Å². The van der Waals surface area contributed by atoms with Crippen molar-refractivity contribution in [3.63, 3.8) is 0 Å². The van der Waals surface area contributed by atoms with E-state index in [4.69, 9.17) is 9.72 Å². The van der Waals surface area contributed by atoms with Gasteiger partial charge in [-0.05, 0) is 31.2 Å². The Kier molecular flexibility index (Phi) is 5.62. The summed E-state index contributed by atoms with van der Waals surface area (Å²) in [6.07, 6.45) is 6.96. The molecule has 1 saturated heterocycles. The van der Waals surface area contributed by atoms with Gasteiger partial charge in [-0.3, -0.25) is 9.78 Å². The summed E-state index contributed by atoms with van der Waals surface area (Å²) in [5.41, 5.74) is 5.22. The number of morpholine rings is 1. The zero-order valence-corrected chi connectivity index (χ0v) is 18.5. The highest BCUT2D eigenvalue weighted by molar-refractivity contribution is 6.09. The number of ether oxygens (including phenoxy) is 1. The molecule has 1 amide bonds. The van der Waals surface area contributed by atoms with Crippen LogP contribution in [0.25, 0.3) is 16.9 Å². The van der Waals surface area contributed by atoms with Gasteiger partial charge in [0.25, 0.3) is 5.91 Å². The number of hydrogen-bond donors (Lipinski definition) is 2. The van der Waals surface area contributed by atoms with Crippen LogP contribution in [0.2, 0.25) is 0 Å². The highest BCUT2D eigenvalue weighted by Crippen LogP contribution is 2.28. The Bertz CT molecular complexity index is 1290. The fourth-order valence-corrected chi connectivity index (χ4v) is 4.01. The van der Waals surface area contributed by atoms with Gasteiger partial charge in [-0.1, -0.05) is 12.1 Å². The third kappa shape index (κ3) is 4.22. The van der Waals surface area contributed by atoms with Crippen molar-refractivity contribution in [1.29, 1.82) is 0 Å². The standard InChI is InChI=1S/C24H25N7O2/c1-16-14-30(11-12-33-16)22-8-9-26-13-20(22)29-24(32)19-7-10-27-31-15-21(28-23(19)31)17-3-5-18(25-2)6-4-17/h3-10,13,15-16,25H,11-12,14H2,1-2H3,(H,29,32). The summed E-state index contributed by atoms with van der Waals surface area (Å²) < 4.78 is 7.28. The van der Waals surface area contributed by atoms with E-state index >= 15 is 0 Å². The fourth-order valence-electron chi connectivity index (χ4n) is 4.01. The number of carbonyl (C=O) groups is 1. The zero-order chi connectivity index (χ0) is 22.8. The number of imidazole rings is 1. The number of carbonyl (C=O) groups excluding carboxylic acids is 1. The van der Waals surface area contributed by atoms with Crippen molar-refractivity contribution < 1.29 is 9.53 Å². The van der Waals surface area contributed by atoms with Crippen LogP contribution in [0.1, 0.15) is 17.3 Å². The number of fused-ring (bicyclic) bond motifs is 1. The van der Waals surface area contributed by atoms with Crippen molar-refractivity contribution in [2.75, 3.05) is 42.3 Å². The van der Waals surface area contributed by atoms with Gasteiger partial charge >= 0.3 is 0 Å². The number of benzene rings is 1. The Labute approximate surface area is 191 Å². The summed E-state index contributed by atoms with van der Waals surface area (Å²) in [7, 11) is 1.88. The molecule has 1 fully saturated rings. The van der Waals surface area contributed by atoms with Gasteiger partial charge < -0.3 is 20.3 Å². The molecule has 168 valence electrons. The largest absolute Gasteiger partial charge is 0.388 e. The van der Waals surface area contributed by atoms with Crippen molar-refractivity contribution in [2.24, 2.45) is 0 Å². The number of nitrogens with zero attached hydrogens (tertiary/aromatic N) is 5. The lowest BCUT2D eigenvalue weighted by Crippen LogP contribution is -2.41. The molecule has 1 aromatic carbocycles. The Morgan fingerprint density at radius 3 is 2.79 bits per heavy atom. The van der Waals surface area contributed by atoms with Crippen LogP contribution in [0.15, 0.2) is 61.2 Å². The molecule has 4 aromatic rings. The lowest BCUT2D eigenvalue weighted by atomic mass is 10.1. The number of rotatable bonds is 5. The average molecular weight is 444 g/mol. The lowest BCUT2D eigenvalue weighted by Gasteiger charge is -2.33. The predicted molar refractivity (Wildman–Crippen MR) is 128 cm³/mol. The number of pyridine rings is 1. The topological polar surface area (TPSA) is 96.7 Å². The molecule has 0 radical (unpaired) electrons. The maximum Gasteiger partial charge on any atom is 0.259 e. The first-order valence-electron chi connectivity index (χ1n) is 10.9. The number of nitrogens with one attached hydrogen (secondary N) is 2. The van der Waals surface area contributed by atoms with Crippen LogP contribution in [-0.4, -0.2) is 58.3 Å².